The average Bonchev–Trinajstić information content (AvgIpc) is 2.64. The SMILES string of the molecule is COc1cc(C(=O)N(CCCN)Cc2ccccc2)ccc1[N+](=O)[O-].Cl. The van der Waals surface area contributed by atoms with Crippen LogP contribution in [-0.2, 0) is 6.54 Å². The molecule has 26 heavy (non-hydrogen) atoms. The van der Waals surface area contributed by atoms with E-state index in [9.17, 15) is 14.9 Å². The molecule has 1 amide bonds. The minimum Gasteiger partial charge on any atom is -0.490 e. The molecule has 0 bridgehead atoms. The lowest BCUT2D eigenvalue weighted by Crippen LogP contribution is -2.32. The summed E-state index contributed by atoms with van der Waals surface area (Å²) in [5.41, 5.74) is 6.75. The van der Waals surface area contributed by atoms with Crippen LogP contribution in [-0.4, -0.2) is 35.9 Å². The summed E-state index contributed by atoms with van der Waals surface area (Å²) in [5.74, 6) is -0.153. The van der Waals surface area contributed by atoms with E-state index in [4.69, 9.17) is 10.5 Å². The molecule has 8 heteroatoms. The van der Waals surface area contributed by atoms with E-state index in [1.54, 1.807) is 4.90 Å². The van der Waals surface area contributed by atoms with E-state index in [0.717, 1.165) is 5.56 Å². The van der Waals surface area contributed by atoms with Gasteiger partial charge in [-0.25, -0.2) is 0 Å². The van der Waals surface area contributed by atoms with E-state index in [1.807, 2.05) is 30.3 Å². The first-order valence-electron chi connectivity index (χ1n) is 7.92. The molecule has 0 aromatic heterocycles. The van der Waals surface area contributed by atoms with Crippen LogP contribution in [0.2, 0.25) is 0 Å². The molecule has 0 fully saturated rings. The van der Waals surface area contributed by atoms with E-state index < -0.39 is 4.92 Å². The summed E-state index contributed by atoms with van der Waals surface area (Å²) < 4.78 is 5.04. The fraction of sp³-hybridized carbons (Fsp3) is 0.278. The van der Waals surface area contributed by atoms with Crippen molar-refractivity contribution < 1.29 is 14.5 Å². The molecule has 2 N–H and O–H groups in total. The molecule has 0 unspecified atom stereocenters. The van der Waals surface area contributed by atoms with E-state index in [-0.39, 0.29) is 29.8 Å². The maximum Gasteiger partial charge on any atom is 0.310 e. The third kappa shape index (κ3) is 5.44. The van der Waals surface area contributed by atoms with Gasteiger partial charge in [-0.2, -0.15) is 0 Å². The quantitative estimate of drug-likeness (QED) is 0.561. The van der Waals surface area contributed by atoms with E-state index >= 15 is 0 Å². The van der Waals surface area contributed by atoms with Gasteiger partial charge in [0.05, 0.1) is 12.0 Å². The summed E-state index contributed by atoms with van der Waals surface area (Å²) in [7, 11) is 1.34. The van der Waals surface area contributed by atoms with Crippen molar-refractivity contribution in [3.63, 3.8) is 0 Å². The van der Waals surface area contributed by atoms with Crippen molar-refractivity contribution in [3.8, 4) is 5.75 Å². The number of methoxy groups -OCH3 is 1. The highest BCUT2D eigenvalue weighted by Crippen LogP contribution is 2.28. The minimum absolute atomic E-state index is 0. The molecular weight excluding hydrogens is 358 g/mol. The predicted octanol–water partition coefficient (Wildman–Crippen LogP) is 3.02. The smallest absolute Gasteiger partial charge is 0.310 e. The first-order valence-corrected chi connectivity index (χ1v) is 7.92. The number of nitro benzene ring substituents is 1. The lowest BCUT2D eigenvalue weighted by molar-refractivity contribution is -0.385. The number of hydrogen-bond donors (Lipinski definition) is 1. The summed E-state index contributed by atoms with van der Waals surface area (Å²) in [6.45, 7) is 1.42. The fourth-order valence-electron chi connectivity index (χ4n) is 2.48. The van der Waals surface area contributed by atoms with Gasteiger partial charge in [-0.15, -0.1) is 12.4 Å². The minimum atomic E-state index is -0.538. The molecule has 0 aliphatic rings. The Balaban J connectivity index is 0.00000338. The number of nitrogens with two attached hydrogens (primary N) is 1. The molecule has 2 aromatic carbocycles. The number of amides is 1. The molecule has 7 nitrogen and oxygen atoms in total. The summed E-state index contributed by atoms with van der Waals surface area (Å²) >= 11 is 0. The van der Waals surface area contributed by atoms with E-state index in [0.29, 0.717) is 31.6 Å². The number of hydrogen-bond acceptors (Lipinski definition) is 5. The highest BCUT2D eigenvalue weighted by molar-refractivity contribution is 5.95. The maximum absolute atomic E-state index is 12.9. The van der Waals surface area contributed by atoms with Crippen molar-refractivity contribution in [1.29, 1.82) is 0 Å². The Labute approximate surface area is 158 Å². The van der Waals surface area contributed by atoms with Gasteiger partial charge in [0.2, 0.25) is 0 Å². The highest BCUT2D eigenvalue weighted by atomic mass is 35.5. The van der Waals surface area contributed by atoms with Crippen LogP contribution in [0.25, 0.3) is 0 Å². The molecule has 140 valence electrons. The van der Waals surface area contributed by atoms with Crippen molar-refractivity contribution in [1.82, 2.24) is 4.90 Å². The highest BCUT2D eigenvalue weighted by Gasteiger charge is 2.21. The van der Waals surface area contributed by atoms with Gasteiger partial charge >= 0.3 is 5.69 Å². The van der Waals surface area contributed by atoms with Crippen LogP contribution in [0.1, 0.15) is 22.3 Å². The first kappa shape index (κ1) is 21.4. The Hall–Kier alpha value is -2.64. The van der Waals surface area contributed by atoms with Crippen LogP contribution in [0.15, 0.2) is 48.5 Å². The van der Waals surface area contributed by atoms with Crippen molar-refractivity contribution >= 4 is 24.0 Å². The number of nitro groups is 1. The van der Waals surface area contributed by atoms with Gasteiger partial charge in [-0.05, 0) is 24.6 Å². The van der Waals surface area contributed by atoms with Gasteiger partial charge < -0.3 is 15.4 Å². The van der Waals surface area contributed by atoms with Crippen molar-refractivity contribution in [2.24, 2.45) is 5.73 Å². The summed E-state index contributed by atoms with van der Waals surface area (Å²) in [6, 6.07) is 13.8. The monoisotopic (exact) mass is 379 g/mol. The number of carbonyl (C=O) groups is 1. The molecule has 0 heterocycles. The van der Waals surface area contributed by atoms with E-state index in [1.165, 1.54) is 25.3 Å². The Morgan fingerprint density at radius 1 is 1.23 bits per heavy atom. The molecule has 0 atom stereocenters. The number of halogens is 1. The molecule has 0 radical (unpaired) electrons. The number of nitrogens with zero attached hydrogens (tertiary/aromatic N) is 2. The Bertz CT molecular complexity index is 740. The largest absolute Gasteiger partial charge is 0.490 e. The van der Waals surface area contributed by atoms with Crippen LogP contribution in [0.4, 0.5) is 5.69 Å². The lowest BCUT2D eigenvalue weighted by Gasteiger charge is -2.23. The van der Waals surface area contributed by atoms with Gasteiger partial charge in [0.25, 0.3) is 5.91 Å². The number of ether oxygens (including phenoxy) is 1. The molecule has 0 aliphatic heterocycles. The molecule has 2 aromatic rings. The Kier molecular flexibility index (Phi) is 8.54. The first-order chi connectivity index (χ1) is 12.1. The van der Waals surface area contributed by atoms with Gasteiger partial charge in [0.15, 0.2) is 5.75 Å². The van der Waals surface area contributed by atoms with Gasteiger partial charge in [-0.3, -0.25) is 14.9 Å². The Morgan fingerprint density at radius 2 is 1.92 bits per heavy atom. The van der Waals surface area contributed by atoms with Gasteiger partial charge in [0, 0.05) is 30.8 Å². The zero-order valence-corrected chi connectivity index (χ0v) is 15.3. The second-order valence-corrected chi connectivity index (χ2v) is 5.50. The normalized spacial score (nSPS) is 9.92. The summed E-state index contributed by atoms with van der Waals surface area (Å²) in [5, 5.41) is 11.0. The van der Waals surface area contributed by atoms with Crippen LogP contribution in [0.5, 0.6) is 5.75 Å². The second kappa shape index (κ2) is 10.4. The lowest BCUT2D eigenvalue weighted by atomic mass is 10.1. The van der Waals surface area contributed by atoms with Crippen molar-refractivity contribution in [2.45, 2.75) is 13.0 Å². The number of rotatable bonds is 8. The van der Waals surface area contributed by atoms with E-state index in [2.05, 4.69) is 0 Å². The molecule has 0 saturated carbocycles. The number of benzene rings is 2. The van der Waals surface area contributed by atoms with Crippen molar-refractivity contribution in [3.05, 3.63) is 69.8 Å². The fourth-order valence-corrected chi connectivity index (χ4v) is 2.48. The second-order valence-electron chi connectivity index (χ2n) is 5.50. The Morgan fingerprint density at radius 3 is 2.50 bits per heavy atom. The zero-order valence-electron chi connectivity index (χ0n) is 14.5. The van der Waals surface area contributed by atoms with Crippen LogP contribution in [0.3, 0.4) is 0 Å². The average molecular weight is 380 g/mol. The standard InChI is InChI=1S/C18H21N3O4.ClH/c1-25-17-12-15(8-9-16(17)21(23)24)18(22)20(11-5-10-19)13-14-6-3-2-4-7-14;/h2-4,6-9,12H,5,10-11,13,19H2,1H3;1H. The van der Waals surface area contributed by atoms with Gasteiger partial charge in [0.1, 0.15) is 0 Å². The number of carbonyl (C=O) groups excluding carboxylic acids is 1. The summed E-state index contributed by atoms with van der Waals surface area (Å²) in [6.07, 6.45) is 0.669. The summed E-state index contributed by atoms with van der Waals surface area (Å²) in [4.78, 5) is 25.0. The molecule has 0 spiro atoms. The molecule has 2 rings (SSSR count). The maximum atomic E-state index is 12.9. The predicted molar refractivity (Wildman–Crippen MR) is 102 cm³/mol. The topological polar surface area (TPSA) is 98.7 Å². The third-order valence-corrected chi connectivity index (χ3v) is 3.76. The van der Waals surface area contributed by atoms with Crippen molar-refractivity contribution in [2.75, 3.05) is 20.2 Å². The van der Waals surface area contributed by atoms with Crippen LogP contribution >= 0.6 is 12.4 Å². The van der Waals surface area contributed by atoms with Crippen LogP contribution in [0, 0.1) is 10.1 Å². The molecule has 0 saturated heterocycles. The molecular formula is C18H22ClN3O4. The zero-order chi connectivity index (χ0) is 18.2. The molecule has 0 aliphatic carbocycles. The van der Waals surface area contributed by atoms with Crippen LogP contribution < -0.4 is 10.5 Å². The third-order valence-electron chi connectivity index (χ3n) is 3.76. The van der Waals surface area contributed by atoms with Gasteiger partial charge in [-0.1, -0.05) is 30.3 Å².